The molecule has 2 amide bonds. The Morgan fingerprint density at radius 1 is 1.40 bits per heavy atom. The van der Waals surface area contributed by atoms with Crippen LogP contribution in [-0.4, -0.2) is 60.3 Å². The van der Waals surface area contributed by atoms with E-state index in [1.807, 2.05) is 25.3 Å². The predicted octanol–water partition coefficient (Wildman–Crippen LogP) is 0.399. The highest BCUT2D eigenvalue weighted by atomic mass is 16.4. The molecular weight excluding hydrogens is 262 g/mol. The number of hydrogen-bond acceptors (Lipinski definition) is 4. The van der Waals surface area contributed by atoms with Crippen LogP contribution in [0.5, 0.6) is 0 Å². The fourth-order valence-corrected chi connectivity index (χ4v) is 2.13. The van der Waals surface area contributed by atoms with Crippen molar-refractivity contribution in [2.24, 2.45) is 0 Å². The number of aliphatic carboxylic acids is 1. The molecule has 0 saturated heterocycles. The zero-order valence-corrected chi connectivity index (χ0v) is 11.9. The zero-order chi connectivity index (χ0) is 14.9. The molecule has 1 aliphatic rings. The molecule has 8 nitrogen and oxygen atoms in total. The molecule has 0 spiro atoms. The van der Waals surface area contributed by atoms with E-state index >= 15 is 0 Å². The number of hydrogen-bond donors (Lipinski definition) is 1. The predicted molar refractivity (Wildman–Crippen MR) is 69.9 cm³/mol. The summed E-state index contributed by atoms with van der Waals surface area (Å²) >= 11 is 0. The van der Waals surface area contributed by atoms with Crippen LogP contribution in [0.2, 0.25) is 0 Å². The van der Waals surface area contributed by atoms with Crippen molar-refractivity contribution in [1.29, 1.82) is 0 Å². The molecule has 1 aromatic heterocycles. The number of carboxylic acids is 1. The van der Waals surface area contributed by atoms with Crippen LogP contribution in [0.25, 0.3) is 0 Å². The minimum atomic E-state index is -1.02. The molecule has 0 unspecified atom stereocenters. The molecule has 1 aliphatic heterocycles. The number of aromatic nitrogens is 3. The quantitative estimate of drug-likeness (QED) is 0.847. The highest BCUT2D eigenvalue weighted by Crippen LogP contribution is 2.18. The van der Waals surface area contributed by atoms with Crippen LogP contribution in [0, 0.1) is 0 Å². The molecule has 1 N–H and O–H groups in total. The van der Waals surface area contributed by atoms with Gasteiger partial charge in [0.2, 0.25) is 0 Å². The number of fused-ring (bicyclic) bond motifs is 1. The SMILES string of the molecule is CC(C)(C)N(CC(=O)O)C(=O)N1CCn2cnnc2C1. The molecule has 0 aromatic carbocycles. The third kappa shape index (κ3) is 2.89. The van der Waals surface area contributed by atoms with E-state index < -0.39 is 11.5 Å². The molecule has 0 fully saturated rings. The van der Waals surface area contributed by atoms with Crippen LogP contribution in [0.4, 0.5) is 4.79 Å². The lowest BCUT2D eigenvalue weighted by molar-refractivity contribution is -0.138. The summed E-state index contributed by atoms with van der Waals surface area (Å²) in [4.78, 5) is 26.5. The minimum absolute atomic E-state index is 0.283. The van der Waals surface area contributed by atoms with E-state index in [-0.39, 0.29) is 12.6 Å². The van der Waals surface area contributed by atoms with Crippen molar-refractivity contribution in [3.63, 3.8) is 0 Å². The van der Waals surface area contributed by atoms with Crippen molar-refractivity contribution in [2.75, 3.05) is 13.1 Å². The minimum Gasteiger partial charge on any atom is -0.480 e. The summed E-state index contributed by atoms with van der Waals surface area (Å²) in [5.41, 5.74) is -0.555. The van der Waals surface area contributed by atoms with E-state index in [1.165, 1.54) is 4.90 Å². The second kappa shape index (κ2) is 5.10. The van der Waals surface area contributed by atoms with E-state index in [2.05, 4.69) is 10.2 Å². The Morgan fingerprint density at radius 3 is 2.70 bits per heavy atom. The molecule has 0 atom stereocenters. The second-order valence-electron chi connectivity index (χ2n) is 5.80. The van der Waals surface area contributed by atoms with E-state index in [0.717, 1.165) is 0 Å². The first-order valence-electron chi connectivity index (χ1n) is 6.44. The molecule has 0 aliphatic carbocycles. The lowest BCUT2D eigenvalue weighted by Gasteiger charge is -2.39. The summed E-state index contributed by atoms with van der Waals surface area (Å²) in [5.74, 6) is -0.303. The Hall–Kier alpha value is -2.12. The molecule has 0 saturated carbocycles. The summed E-state index contributed by atoms with van der Waals surface area (Å²) in [6.07, 6.45) is 1.63. The van der Waals surface area contributed by atoms with Gasteiger partial charge in [-0.05, 0) is 20.8 Å². The maximum Gasteiger partial charge on any atom is 0.323 e. The van der Waals surface area contributed by atoms with Gasteiger partial charge in [-0.3, -0.25) is 4.79 Å². The van der Waals surface area contributed by atoms with Gasteiger partial charge in [-0.15, -0.1) is 10.2 Å². The number of nitrogens with zero attached hydrogens (tertiary/aromatic N) is 5. The van der Waals surface area contributed by atoms with E-state index in [9.17, 15) is 9.59 Å². The number of carbonyl (C=O) groups excluding carboxylic acids is 1. The Kier molecular flexibility index (Phi) is 3.65. The third-order valence-corrected chi connectivity index (χ3v) is 3.24. The number of carboxylic acid groups (broad SMARTS) is 1. The Balaban J connectivity index is 2.15. The van der Waals surface area contributed by atoms with Gasteiger partial charge >= 0.3 is 12.0 Å². The van der Waals surface area contributed by atoms with E-state index in [0.29, 0.717) is 25.5 Å². The first-order valence-corrected chi connectivity index (χ1v) is 6.44. The monoisotopic (exact) mass is 281 g/mol. The van der Waals surface area contributed by atoms with Gasteiger partial charge < -0.3 is 19.5 Å². The summed E-state index contributed by atoms with van der Waals surface area (Å²) in [6, 6.07) is -0.283. The average Bonchev–Trinajstić information content (AvgIpc) is 2.80. The van der Waals surface area contributed by atoms with Crippen LogP contribution in [0.1, 0.15) is 26.6 Å². The van der Waals surface area contributed by atoms with Gasteiger partial charge in [0.05, 0.1) is 6.54 Å². The van der Waals surface area contributed by atoms with Crippen LogP contribution >= 0.6 is 0 Å². The van der Waals surface area contributed by atoms with Crippen LogP contribution < -0.4 is 0 Å². The first-order chi connectivity index (χ1) is 9.29. The number of rotatable bonds is 2. The summed E-state index contributed by atoms with van der Waals surface area (Å²) in [6.45, 7) is 6.65. The highest BCUT2D eigenvalue weighted by Gasteiger charge is 2.33. The van der Waals surface area contributed by atoms with Gasteiger partial charge in [0, 0.05) is 18.6 Å². The molecule has 110 valence electrons. The Morgan fingerprint density at radius 2 is 2.10 bits per heavy atom. The molecule has 20 heavy (non-hydrogen) atoms. The van der Waals surface area contributed by atoms with E-state index in [4.69, 9.17) is 5.11 Å². The standard InChI is InChI=1S/C12H19N5O3/c1-12(2,3)17(7-10(18)19)11(20)15-4-5-16-8-13-14-9(16)6-15/h8H,4-7H2,1-3H3,(H,18,19). The highest BCUT2D eigenvalue weighted by molar-refractivity contribution is 5.81. The largest absolute Gasteiger partial charge is 0.480 e. The van der Waals surface area contributed by atoms with Crippen molar-refractivity contribution < 1.29 is 14.7 Å². The Bertz CT molecular complexity index is 519. The molecule has 2 rings (SSSR count). The van der Waals surface area contributed by atoms with Crippen LogP contribution in [0.15, 0.2) is 6.33 Å². The van der Waals surface area contributed by atoms with Gasteiger partial charge in [-0.1, -0.05) is 0 Å². The number of amides is 2. The molecule has 2 heterocycles. The lowest BCUT2D eigenvalue weighted by atomic mass is 10.1. The van der Waals surface area contributed by atoms with Gasteiger partial charge in [-0.2, -0.15) is 0 Å². The van der Waals surface area contributed by atoms with E-state index in [1.54, 1.807) is 11.2 Å². The molecular formula is C12H19N5O3. The average molecular weight is 281 g/mol. The van der Waals surface area contributed by atoms with Crippen molar-refractivity contribution in [2.45, 2.75) is 39.4 Å². The smallest absolute Gasteiger partial charge is 0.323 e. The van der Waals surface area contributed by atoms with Crippen molar-refractivity contribution in [3.8, 4) is 0 Å². The number of urea groups is 1. The van der Waals surface area contributed by atoms with Crippen molar-refractivity contribution in [1.82, 2.24) is 24.6 Å². The Labute approximate surface area is 117 Å². The molecule has 0 radical (unpaired) electrons. The number of carbonyl (C=O) groups is 2. The maximum atomic E-state index is 12.5. The topological polar surface area (TPSA) is 91.6 Å². The fourth-order valence-electron chi connectivity index (χ4n) is 2.13. The molecule has 0 bridgehead atoms. The van der Waals surface area contributed by atoms with Gasteiger partial charge in [0.25, 0.3) is 0 Å². The van der Waals surface area contributed by atoms with Gasteiger partial charge in [-0.25, -0.2) is 4.79 Å². The third-order valence-electron chi connectivity index (χ3n) is 3.24. The zero-order valence-electron chi connectivity index (χ0n) is 11.9. The molecule has 8 heteroatoms. The summed E-state index contributed by atoms with van der Waals surface area (Å²) in [7, 11) is 0. The summed E-state index contributed by atoms with van der Waals surface area (Å²) < 4.78 is 1.89. The lowest BCUT2D eigenvalue weighted by Crippen LogP contribution is -2.54. The van der Waals surface area contributed by atoms with Crippen LogP contribution in [-0.2, 0) is 17.9 Å². The maximum absolute atomic E-state index is 12.5. The first kappa shape index (κ1) is 14.3. The fraction of sp³-hybridized carbons (Fsp3) is 0.667. The molecule has 1 aromatic rings. The van der Waals surface area contributed by atoms with Gasteiger partial charge in [0.1, 0.15) is 12.9 Å². The summed E-state index contributed by atoms with van der Waals surface area (Å²) in [5, 5.41) is 16.7. The van der Waals surface area contributed by atoms with Gasteiger partial charge in [0.15, 0.2) is 5.82 Å². The normalized spacial score (nSPS) is 14.8. The van der Waals surface area contributed by atoms with Crippen molar-refractivity contribution in [3.05, 3.63) is 12.2 Å². The second-order valence-corrected chi connectivity index (χ2v) is 5.80. The van der Waals surface area contributed by atoms with Crippen molar-refractivity contribution >= 4 is 12.0 Å². The van der Waals surface area contributed by atoms with Crippen LogP contribution in [0.3, 0.4) is 0 Å².